The Morgan fingerprint density at radius 3 is 2.20 bits per heavy atom. The van der Waals surface area contributed by atoms with Crippen LogP contribution in [0.4, 0.5) is 4.39 Å². The van der Waals surface area contributed by atoms with Crippen molar-refractivity contribution in [1.29, 1.82) is 0 Å². The van der Waals surface area contributed by atoms with E-state index in [9.17, 15) is 4.39 Å². The van der Waals surface area contributed by atoms with Crippen molar-refractivity contribution in [3.05, 3.63) is 71.5 Å². The fourth-order valence-electron chi connectivity index (χ4n) is 1.71. The van der Waals surface area contributed by atoms with E-state index in [1.54, 1.807) is 12.1 Å². The van der Waals surface area contributed by atoms with E-state index >= 15 is 0 Å². The maximum absolute atomic E-state index is 13.0. The molecular formula is C14H13F. The molecule has 1 unspecified atom stereocenters. The molecule has 0 saturated carbocycles. The quantitative estimate of drug-likeness (QED) is 0.688. The van der Waals surface area contributed by atoms with Crippen LogP contribution in [-0.2, 0) is 0 Å². The first-order valence-electron chi connectivity index (χ1n) is 5.08. The first kappa shape index (κ1) is 9.91. The van der Waals surface area contributed by atoms with Crippen LogP contribution in [0.1, 0.15) is 24.0 Å². The lowest BCUT2D eigenvalue weighted by atomic mass is 9.93. The predicted molar refractivity (Wildman–Crippen MR) is 60.4 cm³/mol. The third-order valence-corrected chi connectivity index (χ3v) is 2.65. The van der Waals surface area contributed by atoms with Crippen LogP contribution in [0, 0.1) is 5.82 Å². The summed E-state index contributed by atoms with van der Waals surface area (Å²) in [6, 6.07) is 16.9. The SMILES string of the molecule is CC(c1ccccc1)c1cccc(F)c1. The van der Waals surface area contributed by atoms with Crippen LogP contribution in [0.2, 0.25) is 0 Å². The molecule has 0 spiro atoms. The smallest absolute Gasteiger partial charge is 0.123 e. The Hall–Kier alpha value is -1.63. The Morgan fingerprint density at radius 2 is 1.53 bits per heavy atom. The largest absolute Gasteiger partial charge is 0.207 e. The standard InChI is InChI=1S/C14H13F/c1-11(12-6-3-2-4-7-12)13-8-5-9-14(15)10-13/h2-11H,1H3. The minimum absolute atomic E-state index is 0.171. The lowest BCUT2D eigenvalue weighted by molar-refractivity contribution is 0.624. The number of benzene rings is 2. The van der Waals surface area contributed by atoms with Gasteiger partial charge in [0, 0.05) is 5.92 Å². The fraction of sp³-hybridized carbons (Fsp3) is 0.143. The van der Waals surface area contributed by atoms with Gasteiger partial charge in [-0.05, 0) is 23.3 Å². The zero-order valence-corrected chi connectivity index (χ0v) is 8.65. The molecule has 0 aliphatic rings. The van der Waals surface area contributed by atoms with Crippen molar-refractivity contribution < 1.29 is 4.39 Å². The van der Waals surface area contributed by atoms with Gasteiger partial charge in [0.15, 0.2) is 0 Å². The zero-order valence-electron chi connectivity index (χ0n) is 8.65. The normalized spacial score (nSPS) is 12.4. The lowest BCUT2D eigenvalue weighted by Gasteiger charge is -2.11. The van der Waals surface area contributed by atoms with E-state index in [-0.39, 0.29) is 11.7 Å². The molecule has 0 heterocycles. The van der Waals surface area contributed by atoms with Crippen LogP contribution in [0.3, 0.4) is 0 Å². The van der Waals surface area contributed by atoms with Gasteiger partial charge < -0.3 is 0 Å². The highest BCUT2D eigenvalue weighted by Gasteiger charge is 2.07. The first-order valence-corrected chi connectivity index (χ1v) is 5.08. The van der Waals surface area contributed by atoms with E-state index in [2.05, 4.69) is 19.1 Å². The monoisotopic (exact) mass is 200 g/mol. The molecule has 0 nitrogen and oxygen atoms in total. The molecule has 76 valence electrons. The molecule has 2 aromatic carbocycles. The van der Waals surface area contributed by atoms with Crippen LogP contribution in [0.5, 0.6) is 0 Å². The molecule has 1 heteroatoms. The van der Waals surface area contributed by atoms with Gasteiger partial charge in [0.05, 0.1) is 0 Å². The van der Waals surface area contributed by atoms with Gasteiger partial charge in [-0.15, -0.1) is 0 Å². The van der Waals surface area contributed by atoms with Crippen LogP contribution in [-0.4, -0.2) is 0 Å². The first-order chi connectivity index (χ1) is 7.27. The maximum Gasteiger partial charge on any atom is 0.123 e. The molecule has 0 aliphatic carbocycles. The third kappa shape index (κ3) is 2.24. The predicted octanol–water partition coefficient (Wildman–Crippen LogP) is 3.98. The van der Waals surface area contributed by atoms with Crippen LogP contribution >= 0.6 is 0 Å². The van der Waals surface area contributed by atoms with Gasteiger partial charge in [-0.1, -0.05) is 49.4 Å². The molecule has 1 atom stereocenters. The summed E-state index contributed by atoms with van der Waals surface area (Å²) in [4.78, 5) is 0. The molecule has 0 saturated heterocycles. The molecule has 2 rings (SSSR count). The number of hydrogen-bond donors (Lipinski definition) is 0. The molecule has 2 aromatic rings. The lowest BCUT2D eigenvalue weighted by Crippen LogP contribution is -1.95. The zero-order chi connectivity index (χ0) is 10.7. The summed E-state index contributed by atoms with van der Waals surface area (Å²) in [6.45, 7) is 2.09. The summed E-state index contributed by atoms with van der Waals surface area (Å²) < 4.78 is 13.0. The van der Waals surface area contributed by atoms with Crippen molar-refractivity contribution in [2.24, 2.45) is 0 Å². The van der Waals surface area contributed by atoms with Gasteiger partial charge >= 0.3 is 0 Å². The van der Waals surface area contributed by atoms with E-state index in [0.29, 0.717) is 0 Å². The van der Waals surface area contributed by atoms with E-state index in [1.165, 1.54) is 11.6 Å². The van der Waals surface area contributed by atoms with Crippen LogP contribution < -0.4 is 0 Å². The Morgan fingerprint density at radius 1 is 0.867 bits per heavy atom. The van der Waals surface area contributed by atoms with Gasteiger partial charge in [0.25, 0.3) is 0 Å². The summed E-state index contributed by atoms with van der Waals surface area (Å²) in [5, 5.41) is 0. The highest BCUT2D eigenvalue weighted by Crippen LogP contribution is 2.23. The van der Waals surface area contributed by atoms with Crippen molar-refractivity contribution in [2.75, 3.05) is 0 Å². The fourth-order valence-corrected chi connectivity index (χ4v) is 1.71. The highest BCUT2D eigenvalue weighted by molar-refractivity contribution is 5.31. The number of hydrogen-bond acceptors (Lipinski definition) is 0. The molecule has 15 heavy (non-hydrogen) atoms. The summed E-state index contributed by atoms with van der Waals surface area (Å²) in [5.74, 6) is 0.0668. The summed E-state index contributed by atoms with van der Waals surface area (Å²) >= 11 is 0. The minimum Gasteiger partial charge on any atom is -0.207 e. The van der Waals surface area contributed by atoms with Gasteiger partial charge in [-0.3, -0.25) is 0 Å². The average Bonchev–Trinajstić information content (AvgIpc) is 2.29. The van der Waals surface area contributed by atoms with Crippen LogP contribution in [0.25, 0.3) is 0 Å². The molecule has 0 bridgehead atoms. The molecule has 0 amide bonds. The Balaban J connectivity index is 2.32. The van der Waals surface area contributed by atoms with Crippen molar-refractivity contribution in [1.82, 2.24) is 0 Å². The van der Waals surface area contributed by atoms with Crippen molar-refractivity contribution in [3.63, 3.8) is 0 Å². The maximum atomic E-state index is 13.0. The Bertz CT molecular complexity index is 434. The van der Waals surface area contributed by atoms with Crippen molar-refractivity contribution in [3.8, 4) is 0 Å². The number of halogens is 1. The molecule has 0 fully saturated rings. The minimum atomic E-state index is -0.171. The summed E-state index contributed by atoms with van der Waals surface area (Å²) in [7, 11) is 0. The molecular weight excluding hydrogens is 187 g/mol. The van der Waals surface area contributed by atoms with Crippen molar-refractivity contribution in [2.45, 2.75) is 12.8 Å². The van der Waals surface area contributed by atoms with Crippen molar-refractivity contribution >= 4 is 0 Å². The highest BCUT2D eigenvalue weighted by atomic mass is 19.1. The third-order valence-electron chi connectivity index (χ3n) is 2.65. The Kier molecular flexibility index (Phi) is 2.82. The Labute approximate surface area is 89.4 Å². The molecule has 0 aromatic heterocycles. The van der Waals surface area contributed by atoms with Crippen LogP contribution in [0.15, 0.2) is 54.6 Å². The van der Waals surface area contributed by atoms with Gasteiger partial charge in [0.2, 0.25) is 0 Å². The van der Waals surface area contributed by atoms with E-state index in [1.807, 2.05) is 24.3 Å². The number of rotatable bonds is 2. The second kappa shape index (κ2) is 4.26. The molecule has 0 radical (unpaired) electrons. The average molecular weight is 200 g/mol. The second-order valence-corrected chi connectivity index (χ2v) is 3.69. The summed E-state index contributed by atoms with van der Waals surface area (Å²) in [5.41, 5.74) is 2.23. The van der Waals surface area contributed by atoms with Gasteiger partial charge in [-0.25, -0.2) is 4.39 Å². The topological polar surface area (TPSA) is 0 Å². The van der Waals surface area contributed by atoms with Gasteiger partial charge in [-0.2, -0.15) is 0 Å². The van der Waals surface area contributed by atoms with Gasteiger partial charge in [0.1, 0.15) is 5.82 Å². The molecule has 0 aliphatic heterocycles. The van der Waals surface area contributed by atoms with E-state index in [0.717, 1.165) is 5.56 Å². The van der Waals surface area contributed by atoms with E-state index in [4.69, 9.17) is 0 Å². The summed E-state index contributed by atoms with van der Waals surface area (Å²) in [6.07, 6.45) is 0. The van der Waals surface area contributed by atoms with E-state index < -0.39 is 0 Å². The molecule has 0 N–H and O–H groups in total. The second-order valence-electron chi connectivity index (χ2n) is 3.69.